The third-order valence-electron chi connectivity index (χ3n) is 3.67. The van der Waals surface area contributed by atoms with Crippen LogP contribution < -0.4 is 35.7 Å². The first-order chi connectivity index (χ1) is 16.4. The molecule has 0 aromatic rings. The van der Waals surface area contributed by atoms with E-state index in [1.54, 1.807) is 0 Å². The number of aliphatic carboxylic acids is 7. The molecule has 0 rings (SSSR count). The summed E-state index contributed by atoms with van der Waals surface area (Å²) in [5.41, 5.74) is -5.95. The van der Waals surface area contributed by atoms with E-state index in [1.165, 1.54) is 0 Å². The van der Waals surface area contributed by atoms with E-state index in [4.69, 9.17) is 15.3 Å². The second-order valence-corrected chi connectivity index (χ2v) is 8.54. The largest absolute Gasteiger partial charge is 2.00 e. The van der Waals surface area contributed by atoms with Crippen molar-refractivity contribution in [2.45, 2.75) is 49.4 Å². The van der Waals surface area contributed by atoms with Gasteiger partial charge in [0.15, 0.2) is 0 Å². The van der Waals surface area contributed by atoms with Gasteiger partial charge in [-0.05, 0) is 0 Å². The van der Waals surface area contributed by atoms with Crippen molar-refractivity contribution < 1.29 is 89.1 Å². The Morgan fingerprint density at radius 1 is 0.575 bits per heavy atom. The first-order valence-electron chi connectivity index (χ1n) is 9.72. The molecule has 0 aromatic carbocycles. The summed E-state index contributed by atoms with van der Waals surface area (Å²) >= 11 is 0. The molecule has 18 nitrogen and oxygen atoms in total. The number of carboxylic acid groups (broad SMARTS) is 7. The van der Waals surface area contributed by atoms with Gasteiger partial charge in [-0.3, -0.25) is 0 Å². The van der Waals surface area contributed by atoms with E-state index in [-0.39, 0.29) is 120 Å². The Labute approximate surface area is 317 Å². The van der Waals surface area contributed by atoms with Crippen molar-refractivity contribution in [1.82, 2.24) is 0 Å². The monoisotopic (exact) mass is 659 g/mol. The number of aliphatic hydroxyl groups is 3. The van der Waals surface area contributed by atoms with E-state index in [9.17, 15) is 69.3 Å². The number of hydrogen-bond acceptors (Lipinski definition) is 17. The number of nitrogens with zero attached hydrogens (tertiary/aromatic N) is 1. The van der Waals surface area contributed by atoms with Crippen LogP contribution in [-0.2, 0) is 33.6 Å². The molecule has 0 saturated carbocycles. The normalized spacial score (nSPS) is 11.1. The summed E-state index contributed by atoms with van der Waals surface area (Å²) < 4.78 is 0.550. The van der Waals surface area contributed by atoms with Crippen LogP contribution in [-0.4, -0.2) is 220 Å². The molecule has 0 saturated heterocycles. The first-order valence-corrected chi connectivity index (χ1v) is 9.72. The van der Waals surface area contributed by atoms with Gasteiger partial charge in [0, 0.05) is 62.0 Å². The molecule has 0 aromatic heterocycles. The quantitative estimate of drug-likeness (QED) is 0.115. The average molecular weight is 660 g/mol. The Bertz CT molecular complexity index is 775. The van der Waals surface area contributed by atoms with Crippen LogP contribution in [0, 0.1) is 0 Å². The minimum atomic E-state index is -2.97. The molecule has 1 unspecified atom stereocenters. The summed E-state index contributed by atoms with van der Waals surface area (Å²) in [7, 11) is 5.66. The van der Waals surface area contributed by atoms with Gasteiger partial charge in [-0.25, -0.2) is 0 Å². The SMILES string of the molecule is C[N+](C)(C)CC(O)CC(=O)[O-].O=C([O-])CC(O)(CC(=O)[O-])C(=O)[O-].O=C([O-])CC(O)(CC(=O)[O-])C(=O)[O-].[Ca+2].[Ca+2].[Ca+2]. The Morgan fingerprint density at radius 3 is 0.925 bits per heavy atom. The molecule has 0 heterocycles. The number of carbonyl (C=O) groups is 7. The van der Waals surface area contributed by atoms with Gasteiger partial charge in [0.25, 0.3) is 0 Å². The summed E-state index contributed by atoms with van der Waals surface area (Å²) in [6.45, 7) is 0.425. The van der Waals surface area contributed by atoms with Gasteiger partial charge in [-0.15, -0.1) is 0 Å². The van der Waals surface area contributed by atoms with Crippen molar-refractivity contribution in [2.75, 3.05) is 27.7 Å². The Morgan fingerprint density at radius 2 is 0.800 bits per heavy atom. The van der Waals surface area contributed by atoms with Gasteiger partial charge in [0.2, 0.25) is 0 Å². The third kappa shape index (κ3) is 30.9. The van der Waals surface area contributed by atoms with E-state index in [2.05, 4.69) is 0 Å². The van der Waals surface area contributed by atoms with Crippen LogP contribution in [0.25, 0.3) is 0 Å². The molecule has 0 aliphatic rings. The molecule has 0 aliphatic heterocycles. The molecule has 0 spiro atoms. The molecular formula is C19H25Ca3NO17. The van der Waals surface area contributed by atoms with Crippen LogP contribution in [0.3, 0.4) is 0 Å². The molecular weight excluding hydrogens is 634 g/mol. The number of aliphatic hydroxyl groups excluding tert-OH is 1. The maximum Gasteiger partial charge on any atom is 2.00 e. The number of rotatable bonds is 14. The van der Waals surface area contributed by atoms with Crippen molar-refractivity contribution >= 4 is 155 Å². The zero-order valence-electron chi connectivity index (χ0n) is 21.9. The van der Waals surface area contributed by atoms with Gasteiger partial charge in [0.05, 0.1) is 33.1 Å². The standard InChI is InChI=1S/C7H15NO3.2C6H8O7.3Ca/c1-8(2,3)5-6(9)4-7(10)11;2*7-3(8)1-6(13,5(11)12)2-4(9)10;;;/h6,9H,4-5H2,1-3H3;2*13H,1-2H2,(H,7,8)(H,9,10)(H,11,12);;;/q;;;3*+2/p-6. The Hall–Kier alpha value is -0.0908. The molecule has 21 heteroatoms. The summed E-state index contributed by atoms with van der Waals surface area (Å²) in [6, 6.07) is 0. The topological polar surface area (TPSA) is 342 Å². The zero-order chi connectivity index (χ0) is 30.4. The van der Waals surface area contributed by atoms with Crippen LogP contribution in [0.4, 0.5) is 0 Å². The number of carboxylic acids is 7. The van der Waals surface area contributed by atoms with E-state index in [0.29, 0.717) is 11.0 Å². The Kier molecular flexibility index (Phi) is 32.0. The fourth-order valence-corrected chi connectivity index (χ4v) is 2.26. The van der Waals surface area contributed by atoms with Crippen LogP contribution in [0.15, 0.2) is 0 Å². The van der Waals surface area contributed by atoms with E-state index in [1.807, 2.05) is 21.1 Å². The molecule has 40 heavy (non-hydrogen) atoms. The van der Waals surface area contributed by atoms with Gasteiger partial charge >= 0.3 is 113 Å². The molecule has 0 aliphatic carbocycles. The van der Waals surface area contributed by atoms with Gasteiger partial charge in [-0.2, -0.15) is 0 Å². The number of hydrogen-bond donors (Lipinski definition) is 3. The fourth-order valence-electron chi connectivity index (χ4n) is 2.26. The molecule has 214 valence electrons. The number of likely N-dealkylation sites (N-methyl/N-ethyl adjacent to an activating group) is 1. The zero-order valence-corrected chi connectivity index (χ0v) is 28.6. The van der Waals surface area contributed by atoms with Crippen LogP contribution in [0.5, 0.6) is 0 Å². The summed E-state index contributed by atoms with van der Waals surface area (Å²) in [6.07, 6.45) is -6.52. The van der Waals surface area contributed by atoms with Crippen molar-refractivity contribution in [3.63, 3.8) is 0 Å². The number of carbonyl (C=O) groups excluding carboxylic acids is 7. The Balaban J connectivity index is -0.000000105. The predicted molar refractivity (Wildman–Crippen MR) is 114 cm³/mol. The van der Waals surface area contributed by atoms with Crippen LogP contribution in [0.1, 0.15) is 32.1 Å². The fraction of sp³-hybridized carbons (Fsp3) is 0.632. The van der Waals surface area contributed by atoms with E-state index < -0.39 is 84.8 Å². The molecule has 0 fully saturated rings. The molecule has 0 radical (unpaired) electrons. The third-order valence-corrected chi connectivity index (χ3v) is 3.67. The van der Waals surface area contributed by atoms with Crippen molar-refractivity contribution in [2.24, 2.45) is 0 Å². The van der Waals surface area contributed by atoms with Gasteiger partial charge in [0.1, 0.15) is 23.9 Å². The summed E-state index contributed by atoms with van der Waals surface area (Å²) in [5.74, 6) is -13.2. The predicted octanol–water partition coefficient (Wildman–Crippen LogP) is -13.5. The second-order valence-electron chi connectivity index (χ2n) is 8.54. The van der Waals surface area contributed by atoms with Crippen molar-refractivity contribution in [1.29, 1.82) is 0 Å². The van der Waals surface area contributed by atoms with Gasteiger partial charge < -0.3 is 89.1 Å². The van der Waals surface area contributed by atoms with Crippen LogP contribution in [0.2, 0.25) is 0 Å². The van der Waals surface area contributed by atoms with Crippen molar-refractivity contribution in [3.05, 3.63) is 0 Å². The summed E-state index contributed by atoms with van der Waals surface area (Å²) in [4.78, 5) is 70.0. The molecule has 3 N–H and O–H groups in total. The maximum absolute atomic E-state index is 10.1. The minimum absolute atomic E-state index is 0. The smallest absolute Gasteiger partial charge is 0.550 e. The van der Waals surface area contributed by atoms with E-state index in [0.717, 1.165) is 0 Å². The average Bonchev–Trinajstić information content (AvgIpc) is 2.57. The van der Waals surface area contributed by atoms with Crippen LogP contribution >= 0.6 is 0 Å². The molecule has 1 atom stereocenters. The molecule has 0 amide bonds. The first kappa shape index (κ1) is 52.5. The number of quaternary nitrogens is 1. The molecule has 0 bridgehead atoms. The summed E-state index contributed by atoms with van der Waals surface area (Å²) in [5, 5.41) is 97.0. The van der Waals surface area contributed by atoms with E-state index >= 15 is 0 Å². The maximum atomic E-state index is 10.1. The van der Waals surface area contributed by atoms with Crippen molar-refractivity contribution in [3.8, 4) is 0 Å². The second kappa shape index (κ2) is 24.4. The minimum Gasteiger partial charge on any atom is -0.550 e. The van der Waals surface area contributed by atoms with Gasteiger partial charge in [-0.1, -0.05) is 0 Å².